The van der Waals surface area contributed by atoms with Crippen LogP contribution in [0.3, 0.4) is 0 Å². The standard InChI is InChI=1S/C22H29N3O5S/c1-6-11(2)15(17(26)23-12(3)21(29)30)24-18(27)16-22(4,5)31-20-14-10-8-7-9-13(14)19(28)25(16)20/h7-12,15-16,20H,6H2,1-5H3,(H,23,26)(H,24,27)(H,29,30)/t11-,12-,15+,16-,20-/m1/s1. The molecule has 5 atom stereocenters. The number of benzene rings is 1. The van der Waals surface area contributed by atoms with Gasteiger partial charge in [0.1, 0.15) is 23.5 Å². The first-order valence-electron chi connectivity index (χ1n) is 10.4. The summed E-state index contributed by atoms with van der Waals surface area (Å²) in [6.45, 7) is 8.92. The van der Waals surface area contributed by atoms with E-state index in [0.717, 1.165) is 5.56 Å². The molecule has 2 aliphatic heterocycles. The van der Waals surface area contributed by atoms with Crippen molar-refractivity contribution in [2.45, 2.75) is 69.3 Å². The summed E-state index contributed by atoms with van der Waals surface area (Å²) in [5, 5.41) is 14.1. The van der Waals surface area contributed by atoms with E-state index in [4.69, 9.17) is 5.11 Å². The summed E-state index contributed by atoms with van der Waals surface area (Å²) < 4.78 is -0.567. The molecule has 31 heavy (non-hydrogen) atoms. The third kappa shape index (κ3) is 4.15. The third-order valence-corrected chi connectivity index (χ3v) is 7.60. The summed E-state index contributed by atoms with van der Waals surface area (Å²) in [6, 6.07) is 4.61. The summed E-state index contributed by atoms with van der Waals surface area (Å²) in [6.07, 6.45) is 0.610. The van der Waals surface area contributed by atoms with Crippen LogP contribution in [-0.4, -0.2) is 56.6 Å². The molecule has 8 nitrogen and oxygen atoms in total. The van der Waals surface area contributed by atoms with Crippen LogP contribution in [0.25, 0.3) is 0 Å². The Morgan fingerprint density at radius 3 is 2.45 bits per heavy atom. The number of carboxylic acid groups (broad SMARTS) is 1. The molecule has 0 aliphatic carbocycles. The number of hydrogen-bond donors (Lipinski definition) is 3. The van der Waals surface area contributed by atoms with E-state index in [1.54, 1.807) is 28.8 Å². The quantitative estimate of drug-likeness (QED) is 0.590. The minimum absolute atomic E-state index is 0.192. The van der Waals surface area contributed by atoms with Crippen LogP contribution < -0.4 is 10.6 Å². The molecule has 168 valence electrons. The van der Waals surface area contributed by atoms with E-state index >= 15 is 0 Å². The van der Waals surface area contributed by atoms with Gasteiger partial charge in [-0.2, -0.15) is 0 Å². The normalized spacial score (nSPS) is 24.0. The van der Waals surface area contributed by atoms with Crippen molar-refractivity contribution in [2.75, 3.05) is 0 Å². The molecule has 9 heteroatoms. The van der Waals surface area contributed by atoms with Gasteiger partial charge in [-0.25, -0.2) is 0 Å². The maximum atomic E-state index is 13.4. The Hall–Kier alpha value is -2.55. The van der Waals surface area contributed by atoms with Gasteiger partial charge in [-0.15, -0.1) is 11.8 Å². The second kappa shape index (κ2) is 8.53. The van der Waals surface area contributed by atoms with Gasteiger partial charge in [0.05, 0.1) is 0 Å². The number of fused-ring (bicyclic) bond motifs is 3. The molecule has 1 aromatic carbocycles. The van der Waals surface area contributed by atoms with Crippen molar-refractivity contribution >= 4 is 35.5 Å². The van der Waals surface area contributed by atoms with Gasteiger partial charge in [0, 0.05) is 10.3 Å². The van der Waals surface area contributed by atoms with Crippen molar-refractivity contribution in [1.82, 2.24) is 15.5 Å². The highest BCUT2D eigenvalue weighted by Gasteiger charge is 2.57. The molecule has 0 saturated carbocycles. The van der Waals surface area contributed by atoms with E-state index in [1.807, 2.05) is 39.8 Å². The fourth-order valence-electron chi connectivity index (χ4n) is 4.10. The largest absolute Gasteiger partial charge is 0.480 e. The van der Waals surface area contributed by atoms with E-state index < -0.39 is 40.7 Å². The summed E-state index contributed by atoms with van der Waals surface area (Å²) in [5.41, 5.74) is 1.49. The molecule has 3 amide bonds. The Labute approximate surface area is 186 Å². The highest BCUT2D eigenvalue weighted by molar-refractivity contribution is 8.01. The van der Waals surface area contributed by atoms with Crippen LogP contribution in [0.5, 0.6) is 0 Å². The lowest BCUT2D eigenvalue weighted by atomic mass is 9.95. The zero-order valence-corrected chi connectivity index (χ0v) is 19.2. The Morgan fingerprint density at radius 2 is 1.84 bits per heavy atom. The fourth-order valence-corrected chi connectivity index (χ4v) is 5.69. The number of nitrogens with zero attached hydrogens (tertiary/aromatic N) is 1. The van der Waals surface area contributed by atoms with Crippen molar-refractivity contribution in [2.24, 2.45) is 5.92 Å². The van der Waals surface area contributed by atoms with Crippen molar-refractivity contribution in [1.29, 1.82) is 0 Å². The zero-order chi connectivity index (χ0) is 23.1. The Kier molecular flexibility index (Phi) is 6.36. The van der Waals surface area contributed by atoms with E-state index in [2.05, 4.69) is 10.6 Å². The van der Waals surface area contributed by atoms with Gasteiger partial charge in [0.2, 0.25) is 11.8 Å². The fraction of sp³-hybridized carbons (Fsp3) is 0.545. The van der Waals surface area contributed by atoms with Gasteiger partial charge in [-0.05, 0) is 38.3 Å². The van der Waals surface area contributed by atoms with E-state index in [1.165, 1.54) is 6.92 Å². The first-order valence-corrected chi connectivity index (χ1v) is 11.3. The van der Waals surface area contributed by atoms with Crippen LogP contribution in [-0.2, 0) is 14.4 Å². The number of nitrogens with one attached hydrogen (secondary N) is 2. The molecule has 0 radical (unpaired) electrons. The highest BCUT2D eigenvalue weighted by Crippen LogP contribution is 2.56. The van der Waals surface area contributed by atoms with Gasteiger partial charge in [-0.3, -0.25) is 19.2 Å². The summed E-state index contributed by atoms with van der Waals surface area (Å²) in [5.74, 6) is -2.52. The molecule has 2 heterocycles. The average molecular weight is 448 g/mol. The first kappa shape index (κ1) is 23.1. The van der Waals surface area contributed by atoms with Crippen LogP contribution in [0.15, 0.2) is 24.3 Å². The number of carbonyl (C=O) groups excluding carboxylic acids is 3. The third-order valence-electron chi connectivity index (χ3n) is 6.07. The zero-order valence-electron chi connectivity index (χ0n) is 18.3. The maximum absolute atomic E-state index is 13.4. The molecule has 1 fully saturated rings. The predicted molar refractivity (Wildman–Crippen MR) is 117 cm³/mol. The lowest BCUT2D eigenvalue weighted by Crippen LogP contribution is -2.59. The monoisotopic (exact) mass is 447 g/mol. The Bertz CT molecular complexity index is 918. The van der Waals surface area contributed by atoms with Crippen molar-refractivity contribution < 1.29 is 24.3 Å². The lowest BCUT2D eigenvalue weighted by molar-refractivity contribution is -0.142. The molecule has 2 aliphatic rings. The smallest absolute Gasteiger partial charge is 0.325 e. The van der Waals surface area contributed by atoms with Crippen molar-refractivity contribution in [3.8, 4) is 0 Å². The van der Waals surface area contributed by atoms with Crippen LogP contribution in [0.2, 0.25) is 0 Å². The SMILES string of the molecule is CC[C@@H](C)[C@H](NC(=O)[C@H]1N2C(=O)c3ccccc3[C@H]2SC1(C)C)C(=O)N[C@H](C)C(=O)O. The van der Waals surface area contributed by atoms with Crippen molar-refractivity contribution in [3.05, 3.63) is 35.4 Å². The molecule has 0 spiro atoms. The van der Waals surface area contributed by atoms with Gasteiger partial charge in [0.25, 0.3) is 5.91 Å². The molecule has 1 saturated heterocycles. The van der Waals surface area contributed by atoms with Crippen molar-refractivity contribution in [3.63, 3.8) is 0 Å². The summed E-state index contributed by atoms with van der Waals surface area (Å²) >= 11 is 1.55. The number of rotatable bonds is 7. The average Bonchev–Trinajstić information content (AvgIpc) is 3.14. The molecule has 3 rings (SSSR count). The predicted octanol–water partition coefficient (Wildman–Crippen LogP) is 2.16. The van der Waals surface area contributed by atoms with Crippen LogP contribution in [0.1, 0.15) is 62.3 Å². The molecular weight excluding hydrogens is 418 g/mol. The van der Waals surface area contributed by atoms with Gasteiger partial charge >= 0.3 is 5.97 Å². The Balaban J connectivity index is 1.85. The minimum Gasteiger partial charge on any atom is -0.480 e. The number of aliphatic carboxylic acids is 1. The maximum Gasteiger partial charge on any atom is 0.325 e. The molecule has 1 aromatic rings. The number of hydrogen-bond acceptors (Lipinski definition) is 5. The highest BCUT2D eigenvalue weighted by atomic mass is 32.2. The molecule has 3 N–H and O–H groups in total. The lowest BCUT2D eigenvalue weighted by Gasteiger charge is -2.32. The number of carbonyl (C=O) groups is 4. The number of amides is 3. The topological polar surface area (TPSA) is 116 Å². The van der Waals surface area contributed by atoms with E-state index in [-0.39, 0.29) is 17.2 Å². The second-order valence-corrected chi connectivity index (χ2v) is 10.5. The summed E-state index contributed by atoms with van der Waals surface area (Å²) in [7, 11) is 0. The molecular formula is C22H29N3O5S. The van der Waals surface area contributed by atoms with Gasteiger partial charge in [-0.1, -0.05) is 38.5 Å². The molecule has 0 aromatic heterocycles. The Morgan fingerprint density at radius 1 is 1.19 bits per heavy atom. The minimum atomic E-state index is -1.15. The number of carboxylic acids is 1. The van der Waals surface area contributed by atoms with E-state index in [9.17, 15) is 19.2 Å². The second-order valence-electron chi connectivity index (χ2n) is 8.72. The first-order chi connectivity index (χ1) is 14.5. The number of thioether (sulfide) groups is 1. The molecule has 0 bridgehead atoms. The summed E-state index contributed by atoms with van der Waals surface area (Å²) in [4.78, 5) is 52.0. The van der Waals surface area contributed by atoms with Gasteiger partial charge in [0.15, 0.2) is 0 Å². The van der Waals surface area contributed by atoms with Crippen LogP contribution >= 0.6 is 11.8 Å². The van der Waals surface area contributed by atoms with E-state index in [0.29, 0.717) is 12.0 Å². The van der Waals surface area contributed by atoms with Gasteiger partial charge < -0.3 is 20.6 Å². The molecule has 0 unspecified atom stereocenters. The van der Waals surface area contributed by atoms with Crippen LogP contribution in [0, 0.1) is 5.92 Å². The van der Waals surface area contributed by atoms with Crippen LogP contribution in [0.4, 0.5) is 0 Å².